The first-order valence-electron chi connectivity index (χ1n) is 9.40. The summed E-state index contributed by atoms with van der Waals surface area (Å²) >= 11 is 0. The van der Waals surface area contributed by atoms with E-state index in [0.29, 0.717) is 23.3 Å². The van der Waals surface area contributed by atoms with Crippen molar-refractivity contribution < 1.29 is 10.2 Å². The van der Waals surface area contributed by atoms with Crippen molar-refractivity contribution in [2.24, 2.45) is 17.3 Å². The zero-order valence-corrected chi connectivity index (χ0v) is 15.6. The van der Waals surface area contributed by atoms with Crippen LogP contribution in [0.5, 0.6) is 11.5 Å². The summed E-state index contributed by atoms with van der Waals surface area (Å²) in [7, 11) is 0. The lowest BCUT2D eigenvalue weighted by Gasteiger charge is -2.43. The van der Waals surface area contributed by atoms with E-state index < -0.39 is 0 Å². The quantitative estimate of drug-likeness (QED) is 0.707. The molecule has 0 heterocycles. The van der Waals surface area contributed by atoms with E-state index in [9.17, 15) is 10.2 Å². The van der Waals surface area contributed by atoms with E-state index in [0.717, 1.165) is 19.3 Å². The van der Waals surface area contributed by atoms with Crippen molar-refractivity contribution in [1.29, 1.82) is 0 Å². The van der Waals surface area contributed by atoms with E-state index >= 15 is 0 Å². The molecule has 0 saturated heterocycles. The molecule has 1 aliphatic carbocycles. The van der Waals surface area contributed by atoms with Gasteiger partial charge in [0, 0.05) is 0 Å². The Hall–Kier alpha value is -2.48. The van der Waals surface area contributed by atoms with E-state index in [2.05, 4.69) is 38.2 Å². The van der Waals surface area contributed by atoms with Crippen LogP contribution < -0.4 is 0 Å². The summed E-state index contributed by atoms with van der Waals surface area (Å²) < 4.78 is 0. The van der Waals surface area contributed by atoms with Gasteiger partial charge in [0.15, 0.2) is 0 Å². The Labute approximate surface area is 156 Å². The smallest absolute Gasteiger partial charge is 0.115 e. The Morgan fingerprint density at radius 1 is 0.769 bits per heavy atom. The van der Waals surface area contributed by atoms with Gasteiger partial charge in [0.25, 0.3) is 0 Å². The van der Waals surface area contributed by atoms with Gasteiger partial charge in [0.1, 0.15) is 11.5 Å². The molecule has 2 N–H and O–H groups in total. The molecule has 26 heavy (non-hydrogen) atoms. The molecule has 0 saturated carbocycles. The molecule has 136 valence electrons. The molecule has 0 aliphatic heterocycles. The number of aromatic hydroxyl groups is 2. The Morgan fingerprint density at radius 2 is 1.23 bits per heavy atom. The monoisotopic (exact) mass is 348 g/mol. The van der Waals surface area contributed by atoms with Crippen LogP contribution >= 0.6 is 0 Å². The maximum atomic E-state index is 9.52. The Bertz CT molecular complexity index is 715. The summed E-state index contributed by atoms with van der Waals surface area (Å²) in [5, 5.41) is 19.0. The van der Waals surface area contributed by atoms with Crippen molar-refractivity contribution in [3.8, 4) is 11.5 Å². The number of allylic oxidation sites excluding steroid dienone is 4. The molecular formula is C24H28O2. The minimum Gasteiger partial charge on any atom is -0.508 e. The first kappa shape index (κ1) is 18.3. The minimum absolute atomic E-state index is 0.102. The highest BCUT2D eigenvalue weighted by atomic mass is 16.3. The van der Waals surface area contributed by atoms with Crippen LogP contribution in [0.4, 0.5) is 0 Å². The van der Waals surface area contributed by atoms with Crippen molar-refractivity contribution in [3.63, 3.8) is 0 Å². The summed E-state index contributed by atoms with van der Waals surface area (Å²) in [6.45, 7) is 4.67. The predicted octanol–water partition coefficient (Wildman–Crippen LogP) is 5.66. The van der Waals surface area contributed by atoms with E-state index in [1.54, 1.807) is 24.3 Å². The van der Waals surface area contributed by atoms with Gasteiger partial charge in [-0.2, -0.15) is 0 Å². The van der Waals surface area contributed by atoms with Gasteiger partial charge in [-0.15, -0.1) is 0 Å². The number of phenols is 2. The molecule has 0 fully saturated rings. The number of hydrogen-bond acceptors (Lipinski definition) is 2. The molecule has 0 aromatic heterocycles. The molecule has 2 aromatic rings. The Balaban J connectivity index is 1.80. The van der Waals surface area contributed by atoms with Gasteiger partial charge >= 0.3 is 0 Å². The molecule has 2 aromatic carbocycles. The van der Waals surface area contributed by atoms with Crippen LogP contribution in [0.15, 0.2) is 72.8 Å². The van der Waals surface area contributed by atoms with Crippen molar-refractivity contribution in [1.82, 2.24) is 0 Å². The average Bonchev–Trinajstić information content (AvgIpc) is 2.66. The van der Waals surface area contributed by atoms with E-state index in [1.165, 1.54) is 11.1 Å². The molecule has 0 amide bonds. The lowest BCUT2D eigenvalue weighted by atomic mass is 9.61. The number of benzene rings is 2. The lowest BCUT2D eigenvalue weighted by Crippen LogP contribution is -2.36. The minimum atomic E-state index is 0.102. The number of rotatable bonds is 6. The molecule has 2 nitrogen and oxygen atoms in total. The summed E-state index contributed by atoms with van der Waals surface area (Å²) in [5.74, 6) is 1.58. The standard InChI is InChI=1S/C24H28O2/c1-18(16-20-6-10-22(25)11-7-20)24(14-4-3-5-15-24)19(2)17-21-8-12-23(26)13-9-21/h3-14,18-19,25-26H,15-17H2,1-2H3. The largest absolute Gasteiger partial charge is 0.508 e. The van der Waals surface area contributed by atoms with Gasteiger partial charge in [0.2, 0.25) is 0 Å². The molecule has 1 aliphatic rings. The van der Waals surface area contributed by atoms with Gasteiger partial charge in [-0.3, -0.25) is 0 Å². The van der Waals surface area contributed by atoms with Gasteiger partial charge in [-0.1, -0.05) is 62.4 Å². The van der Waals surface area contributed by atoms with E-state index in [4.69, 9.17) is 0 Å². The third-order valence-electron chi connectivity index (χ3n) is 5.92. The maximum absolute atomic E-state index is 9.52. The fourth-order valence-corrected chi connectivity index (χ4v) is 4.22. The van der Waals surface area contributed by atoms with Crippen LogP contribution in [-0.2, 0) is 12.8 Å². The lowest BCUT2D eigenvalue weighted by molar-refractivity contribution is 0.152. The molecule has 0 radical (unpaired) electrons. The SMILES string of the molecule is CC(Cc1ccc(O)cc1)C1(C(C)Cc2ccc(O)cc2)C=CC=CC1. The Kier molecular flexibility index (Phi) is 5.51. The molecular weight excluding hydrogens is 320 g/mol. The van der Waals surface area contributed by atoms with Gasteiger partial charge in [-0.25, -0.2) is 0 Å². The molecule has 2 unspecified atom stereocenters. The van der Waals surface area contributed by atoms with Crippen molar-refractivity contribution in [2.75, 3.05) is 0 Å². The second-order valence-electron chi connectivity index (χ2n) is 7.65. The van der Waals surface area contributed by atoms with E-state index in [-0.39, 0.29) is 5.41 Å². The third-order valence-corrected chi connectivity index (χ3v) is 5.92. The van der Waals surface area contributed by atoms with Crippen molar-refractivity contribution in [2.45, 2.75) is 33.1 Å². The maximum Gasteiger partial charge on any atom is 0.115 e. The highest BCUT2D eigenvalue weighted by Crippen LogP contribution is 2.45. The fraction of sp³-hybridized carbons (Fsp3) is 0.333. The highest BCUT2D eigenvalue weighted by molar-refractivity contribution is 5.29. The normalized spacial score (nSPS) is 21.5. The molecule has 3 rings (SSSR count). The van der Waals surface area contributed by atoms with Crippen LogP contribution in [0.1, 0.15) is 31.4 Å². The third kappa shape index (κ3) is 4.01. The topological polar surface area (TPSA) is 40.5 Å². The average molecular weight is 348 g/mol. The predicted molar refractivity (Wildman–Crippen MR) is 107 cm³/mol. The molecule has 2 heteroatoms. The highest BCUT2D eigenvalue weighted by Gasteiger charge is 2.38. The van der Waals surface area contributed by atoms with E-state index in [1.807, 2.05) is 24.3 Å². The summed E-state index contributed by atoms with van der Waals surface area (Å²) in [6.07, 6.45) is 12.0. The zero-order valence-electron chi connectivity index (χ0n) is 15.6. The summed E-state index contributed by atoms with van der Waals surface area (Å²) in [5.41, 5.74) is 2.62. The van der Waals surface area contributed by atoms with Gasteiger partial charge in [0.05, 0.1) is 0 Å². The van der Waals surface area contributed by atoms with Gasteiger partial charge < -0.3 is 10.2 Å². The van der Waals surface area contributed by atoms with Crippen LogP contribution in [0.2, 0.25) is 0 Å². The first-order chi connectivity index (χ1) is 12.5. The van der Waals surface area contributed by atoms with Crippen molar-refractivity contribution in [3.05, 3.63) is 84.0 Å². The second kappa shape index (κ2) is 7.82. The van der Waals surface area contributed by atoms with Gasteiger partial charge in [-0.05, 0) is 71.9 Å². The molecule has 0 spiro atoms. The fourth-order valence-electron chi connectivity index (χ4n) is 4.22. The first-order valence-corrected chi connectivity index (χ1v) is 9.40. The van der Waals surface area contributed by atoms with Crippen LogP contribution in [-0.4, -0.2) is 10.2 Å². The van der Waals surface area contributed by atoms with Crippen LogP contribution in [0, 0.1) is 17.3 Å². The number of hydrogen-bond donors (Lipinski definition) is 2. The van der Waals surface area contributed by atoms with Crippen molar-refractivity contribution >= 4 is 0 Å². The molecule has 0 bridgehead atoms. The summed E-state index contributed by atoms with van der Waals surface area (Å²) in [4.78, 5) is 0. The Morgan fingerprint density at radius 3 is 1.62 bits per heavy atom. The second-order valence-corrected chi connectivity index (χ2v) is 7.65. The molecule has 2 atom stereocenters. The van der Waals surface area contributed by atoms with Crippen LogP contribution in [0.3, 0.4) is 0 Å². The van der Waals surface area contributed by atoms with Crippen LogP contribution in [0.25, 0.3) is 0 Å². The number of phenolic OH excluding ortho intramolecular Hbond substituents is 2. The summed E-state index contributed by atoms with van der Waals surface area (Å²) in [6, 6.07) is 15.2. The zero-order chi connectivity index (χ0) is 18.6.